The molecule has 2 heteroatoms. The van der Waals surface area contributed by atoms with Crippen LogP contribution < -0.4 is 0 Å². The highest BCUT2D eigenvalue weighted by molar-refractivity contribution is 5.84. The molecule has 1 radical (unpaired) electrons. The molecule has 0 bridgehead atoms. The summed E-state index contributed by atoms with van der Waals surface area (Å²) in [5, 5.41) is 9.52. The number of benzene rings is 1. The summed E-state index contributed by atoms with van der Waals surface area (Å²) < 4.78 is 5.14. The van der Waals surface area contributed by atoms with Crippen LogP contribution in [0.2, 0.25) is 0 Å². The summed E-state index contributed by atoms with van der Waals surface area (Å²) in [6, 6.07) is 7.57. The van der Waals surface area contributed by atoms with Crippen molar-refractivity contribution < 1.29 is 4.42 Å². The molecule has 0 amide bonds. The molecule has 2 aromatic rings. The van der Waals surface area contributed by atoms with E-state index in [1.165, 1.54) is 6.26 Å². The molecule has 0 aliphatic rings. The maximum Gasteiger partial charge on any atom is 0.135 e. The van der Waals surface area contributed by atoms with Crippen molar-refractivity contribution in [2.75, 3.05) is 0 Å². The first-order valence-electron chi connectivity index (χ1n) is 3.54. The topological polar surface area (TPSA) is 36.9 Å². The minimum atomic E-state index is 0.565. The average Bonchev–Trinajstić information content (AvgIpc) is 2.46. The number of hydrogen-bond acceptors (Lipinski definition) is 2. The molecular formula is C10H6NO. The Kier molecular flexibility index (Phi) is 1.38. The highest BCUT2D eigenvalue weighted by atomic mass is 16.3. The predicted molar refractivity (Wildman–Crippen MR) is 45.4 cm³/mol. The van der Waals surface area contributed by atoms with Gasteiger partial charge in [-0.25, -0.2) is 0 Å². The number of rotatable bonds is 0. The SMILES string of the molecule is [CH2]c1ccc2occ(C#N)c2c1. The van der Waals surface area contributed by atoms with Crippen molar-refractivity contribution in [3.05, 3.63) is 42.5 Å². The zero-order valence-corrected chi connectivity index (χ0v) is 6.37. The van der Waals surface area contributed by atoms with Crippen molar-refractivity contribution in [1.29, 1.82) is 5.26 Å². The van der Waals surface area contributed by atoms with Crippen LogP contribution >= 0.6 is 0 Å². The first kappa shape index (κ1) is 6.93. The lowest BCUT2D eigenvalue weighted by atomic mass is 10.1. The van der Waals surface area contributed by atoms with Crippen molar-refractivity contribution in [2.45, 2.75) is 0 Å². The van der Waals surface area contributed by atoms with Gasteiger partial charge in [-0.05, 0) is 24.6 Å². The molecule has 0 unspecified atom stereocenters. The number of nitrogens with zero attached hydrogens (tertiary/aromatic N) is 1. The van der Waals surface area contributed by atoms with Gasteiger partial charge in [-0.2, -0.15) is 5.26 Å². The van der Waals surface area contributed by atoms with E-state index in [4.69, 9.17) is 9.68 Å². The van der Waals surface area contributed by atoms with Gasteiger partial charge in [-0.3, -0.25) is 0 Å². The molecule has 0 saturated carbocycles. The molecule has 12 heavy (non-hydrogen) atoms. The van der Waals surface area contributed by atoms with Gasteiger partial charge in [0.05, 0.1) is 5.56 Å². The van der Waals surface area contributed by atoms with Gasteiger partial charge in [-0.1, -0.05) is 6.07 Å². The van der Waals surface area contributed by atoms with Gasteiger partial charge in [0, 0.05) is 5.39 Å². The third-order valence-corrected chi connectivity index (χ3v) is 1.76. The van der Waals surface area contributed by atoms with E-state index >= 15 is 0 Å². The molecule has 0 spiro atoms. The van der Waals surface area contributed by atoms with Crippen LogP contribution in [0.25, 0.3) is 11.0 Å². The van der Waals surface area contributed by atoms with E-state index in [1.54, 1.807) is 0 Å². The standard InChI is InChI=1S/C10H6NO/c1-7-2-3-10-9(4-7)8(5-11)6-12-10/h2-4,6H,1H2. The third-order valence-electron chi connectivity index (χ3n) is 1.76. The van der Waals surface area contributed by atoms with Gasteiger partial charge in [0.1, 0.15) is 17.9 Å². The van der Waals surface area contributed by atoms with Crippen LogP contribution in [0, 0.1) is 18.3 Å². The number of fused-ring (bicyclic) bond motifs is 1. The Balaban J connectivity index is 2.86. The van der Waals surface area contributed by atoms with Crippen molar-refractivity contribution in [3.8, 4) is 6.07 Å². The molecule has 2 rings (SSSR count). The van der Waals surface area contributed by atoms with Crippen LogP contribution in [-0.4, -0.2) is 0 Å². The van der Waals surface area contributed by atoms with Crippen molar-refractivity contribution in [2.24, 2.45) is 0 Å². The molecule has 0 fully saturated rings. The summed E-state index contributed by atoms with van der Waals surface area (Å²) in [7, 11) is 0. The molecule has 0 aliphatic carbocycles. The first-order chi connectivity index (χ1) is 5.81. The molecule has 1 aromatic carbocycles. The fraction of sp³-hybridized carbons (Fsp3) is 0. The highest BCUT2D eigenvalue weighted by Crippen LogP contribution is 2.21. The lowest BCUT2D eigenvalue weighted by Crippen LogP contribution is -1.72. The van der Waals surface area contributed by atoms with Gasteiger partial charge < -0.3 is 4.42 Å². The molecule has 0 aliphatic heterocycles. The van der Waals surface area contributed by atoms with Crippen molar-refractivity contribution >= 4 is 11.0 Å². The van der Waals surface area contributed by atoms with E-state index in [0.29, 0.717) is 5.56 Å². The number of nitriles is 1. The van der Waals surface area contributed by atoms with Crippen LogP contribution in [-0.2, 0) is 0 Å². The molecule has 1 heterocycles. The Labute approximate surface area is 70.0 Å². The summed E-state index contributed by atoms with van der Waals surface area (Å²) in [6.07, 6.45) is 1.46. The number of furan rings is 1. The minimum Gasteiger partial charge on any atom is -0.463 e. The molecule has 1 aromatic heterocycles. The van der Waals surface area contributed by atoms with E-state index in [2.05, 4.69) is 13.0 Å². The van der Waals surface area contributed by atoms with Crippen molar-refractivity contribution in [1.82, 2.24) is 0 Å². The van der Waals surface area contributed by atoms with E-state index in [-0.39, 0.29) is 0 Å². The molecule has 2 nitrogen and oxygen atoms in total. The van der Waals surface area contributed by atoms with E-state index in [0.717, 1.165) is 16.5 Å². The maximum absolute atomic E-state index is 8.68. The second-order valence-corrected chi connectivity index (χ2v) is 2.59. The number of hydrogen-bond donors (Lipinski definition) is 0. The summed E-state index contributed by atoms with van der Waals surface area (Å²) in [4.78, 5) is 0. The summed E-state index contributed by atoms with van der Waals surface area (Å²) in [5.74, 6) is 0. The Hall–Kier alpha value is -1.75. The van der Waals surface area contributed by atoms with Crippen LogP contribution in [0.4, 0.5) is 0 Å². The Morgan fingerprint density at radius 3 is 3.00 bits per heavy atom. The van der Waals surface area contributed by atoms with Crippen LogP contribution in [0.5, 0.6) is 0 Å². The molecule has 57 valence electrons. The van der Waals surface area contributed by atoms with Gasteiger partial charge in [-0.15, -0.1) is 0 Å². The monoisotopic (exact) mass is 156 g/mol. The second-order valence-electron chi connectivity index (χ2n) is 2.59. The second kappa shape index (κ2) is 2.38. The Morgan fingerprint density at radius 2 is 2.25 bits per heavy atom. The zero-order valence-electron chi connectivity index (χ0n) is 6.37. The van der Waals surface area contributed by atoms with Crippen LogP contribution in [0.15, 0.2) is 28.9 Å². The average molecular weight is 156 g/mol. The smallest absolute Gasteiger partial charge is 0.135 e. The first-order valence-corrected chi connectivity index (χ1v) is 3.54. The Bertz CT molecular complexity index is 462. The van der Waals surface area contributed by atoms with E-state index in [1.807, 2.05) is 18.2 Å². The van der Waals surface area contributed by atoms with Crippen LogP contribution in [0.3, 0.4) is 0 Å². The van der Waals surface area contributed by atoms with E-state index in [9.17, 15) is 0 Å². The van der Waals surface area contributed by atoms with Gasteiger partial charge in [0.2, 0.25) is 0 Å². The normalized spacial score (nSPS) is 10.0. The maximum atomic E-state index is 8.68. The van der Waals surface area contributed by atoms with Gasteiger partial charge in [0.25, 0.3) is 0 Å². The van der Waals surface area contributed by atoms with E-state index < -0.39 is 0 Å². The van der Waals surface area contributed by atoms with Gasteiger partial charge >= 0.3 is 0 Å². The van der Waals surface area contributed by atoms with Crippen molar-refractivity contribution in [3.63, 3.8) is 0 Å². The third kappa shape index (κ3) is 0.876. The zero-order chi connectivity index (χ0) is 8.55. The quantitative estimate of drug-likeness (QED) is 0.587. The lowest BCUT2D eigenvalue weighted by Gasteiger charge is -1.90. The Morgan fingerprint density at radius 1 is 1.42 bits per heavy atom. The summed E-state index contributed by atoms with van der Waals surface area (Å²) in [6.45, 7) is 3.77. The summed E-state index contributed by atoms with van der Waals surface area (Å²) in [5.41, 5.74) is 2.19. The fourth-order valence-corrected chi connectivity index (χ4v) is 1.16. The molecular weight excluding hydrogens is 150 g/mol. The molecule has 0 saturated heterocycles. The lowest BCUT2D eigenvalue weighted by molar-refractivity contribution is 0.614. The van der Waals surface area contributed by atoms with Crippen LogP contribution in [0.1, 0.15) is 11.1 Å². The molecule has 0 N–H and O–H groups in total. The minimum absolute atomic E-state index is 0.565. The summed E-state index contributed by atoms with van der Waals surface area (Å²) >= 11 is 0. The predicted octanol–water partition coefficient (Wildman–Crippen LogP) is 2.49. The largest absolute Gasteiger partial charge is 0.463 e. The van der Waals surface area contributed by atoms with Gasteiger partial charge in [0.15, 0.2) is 0 Å². The highest BCUT2D eigenvalue weighted by Gasteiger charge is 2.03. The molecule has 0 atom stereocenters. The fourth-order valence-electron chi connectivity index (χ4n) is 1.16.